The van der Waals surface area contributed by atoms with Gasteiger partial charge < -0.3 is 15.5 Å². The lowest BCUT2D eigenvalue weighted by molar-refractivity contribution is 0.0795. The van der Waals surface area contributed by atoms with Gasteiger partial charge in [-0.2, -0.15) is 0 Å². The Kier molecular flexibility index (Phi) is 4.39. The molecule has 7 heteroatoms. The van der Waals surface area contributed by atoms with E-state index in [0.29, 0.717) is 5.82 Å². The first-order valence-corrected chi connectivity index (χ1v) is 5.04. The van der Waals surface area contributed by atoms with Crippen LogP contribution in [0.1, 0.15) is 36.2 Å². The first-order chi connectivity index (χ1) is 7.54. The first-order valence-electron chi connectivity index (χ1n) is 5.04. The minimum absolute atomic E-state index is 0.0269. The average Bonchev–Trinajstić information content (AvgIpc) is 2.74. The molecule has 1 aromatic heterocycles. The second kappa shape index (κ2) is 5.57. The topological polar surface area (TPSA) is 111 Å². The van der Waals surface area contributed by atoms with Crippen LogP contribution in [0, 0.1) is 0 Å². The van der Waals surface area contributed by atoms with Crippen LogP contribution in [0.5, 0.6) is 0 Å². The van der Waals surface area contributed by atoms with Gasteiger partial charge in [0.05, 0.1) is 12.7 Å². The number of aromatic amines is 1. The Bertz CT molecular complexity index is 350. The molecule has 1 amide bonds. The van der Waals surface area contributed by atoms with E-state index in [2.05, 4.69) is 20.5 Å². The summed E-state index contributed by atoms with van der Waals surface area (Å²) in [7, 11) is 0. The molecule has 7 nitrogen and oxygen atoms in total. The van der Waals surface area contributed by atoms with Crippen molar-refractivity contribution >= 4 is 5.91 Å². The summed E-state index contributed by atoms with van der Waals surface area (Å²) in [6.45, 7) is 3.43. The maximum atomic E-state index is 11.5. The molecule has 0 radical (unpaired) electrons. The normalized spacial score (nSPS) is 12.8. The van der Waals surface area contributed by atoms with E-state index in [0.717, 1.165) is 0 Å². The smallest absolute Gasteiger partial charge is 0.291 e. The lowest BCUT2D eigenvalue weighted by atomic mass is 10.2. The molecule has 1 rings (SSSR count). The molecule has 0 spiro atoms. The average molecular weight is 228 g/mol. The van der Waals surface area contributed by atoms with Crippen molar-refractivity contribution in [2.24, 2.45) is 0 Å². The summed E-state index contributed by atoms with van der Waals surface area (Å²) in [6, 6.07) is 0. The highest BCUT2D eigenvalue weighted by molar-refractivity contribution is 5.90. The molecule has 0 saturated carbocycles. The minimum atomic E-state index is -0.965. The number of hydrogen-bond donors (Lipinski definition) is 4. The number of carbonyl (C=O) groups is 1. The van der Waals surface area contributed by atoms with Crippen LogP contribution in [0.3, 0.4) is 0 Å². The van der Waals surface area contributed by atoms with Crippen LogP contribution in [0.15, 0.2) is 0 Å². The Balaban J connectivity index is 2.53. The van der Waals surface area contributed by atoms with Gasteiger partial charge in [0.1, 0.15) is 5.82 Å². The zero-order valence-corrected chi connectivity index (χ0v) is 9.27. The predicted molar refractivity (Wildman–Crippen MR) is 55.9 cm³/mol. The number of rotatable bonds is 5. The van der Waals surface area contributed by atoms with Crippen LogP contribution in [-0.2, 0) is 0 Å². The van der Waals surface area contributed by atoms with Gasteiger partial charge in [-0.25, -0.2) is 4.98 Å². The van der Waals surface area contributed by atoms with Crippen LogP contribution < -0.4 is 5.32 Å². The monoisotopic (exact) mass is 228 g/mol. The number of aliphatic hydroxyl groups excluding tert-OH is 2. The van der Waals surface area contributed by atoms with Gasteiger partial charge in [-0.05, 0) is 0 Å². The maximum Gasteiger partial charge on any atom is 0.291 e. The second-order valence-corrected chi connectivity index (χ2v) is 3.75. The van der Waals surface area contributed by atoms with E-state index in [4.69, 9.17) is 10.2 Å². The summed E-state index contributed by atoms with van der Waals surface area (Å²) in [5.41, 5.74) is 0. The van der Waals surface area contributed by atoms with Crippen molar-refractivity contribution in [3.05, 3.63) is 11.6 Å². The molecule has 16 heavy (non-hydrogen) atoms. The highest BCUT2D eigenvalue weighted by Gasteiger charge is 2.14. The Morgan fingerprint density at radius 2 is 2.25 bits per heavy atom. The van der Waals surface area contributed by atoms with Crippen molar-refractivity contribution in [3.8, 4) is 0 Å². The summed E-state index contributed by atoms with van der Waals surface area (Å²) in [4.78, 5) is 15.4. The van der Waals surface area contributed by atoms with Crippen molar-refractivity contribution in [1.82, 2.24) is 20.5 Å². The summed E-state index contributed by atoms with van der Waals surface area (Å²) in [5.74, 6) is 0.356. The van der Waals surface area contributed by atoms with Crippen molar-refractivity contribution in [2.75, 3.05) is 13.2 Å². The number of nitrogens with one attached hydrogen (secondary N) is 2. The summed E-state index contributed by atoms with van der Waals surface area (Å²) in [5, 5.41) is 26.4. The predicted octanol–water partition coefficient (Wildman–Crippen LogP) is -0.989. The fraction of sp³-hybridized carbons (Fsp3) is 0.667. The van der Waals surface area contributed by atoms with Crippen molar-refractivity contribution in [3.63, 3.8) is 0 Å². The van der Waals surface area contributed by atoms with E-state index in [-0.39, 0.29) is 18.3 Å². The van der Waals surface area contributed by atoms with Crippen LogP contribution in [-0.4, -0.2) is 50.6 Å². The number of nitrogens with zero attached hydrogens (tertiary/aromatic N) is 2. The zero-order valence-electron chi connectivity index (χ0n) is 9.27. The van der Waals surface area contributed by atoms with Crippen LogP contribution in [0.4, 0.5) is 0 Å². The van der Waals surface area contributed by atoms with Gasteiger partial charge in [-0.3, -0.25) is 9.89 Å². The van der Waals surface area contributed by atoms with E-state index in [1.54, 1.807) is 0 Å². The SMILES string of the molecule is CC(C)c1nc(C(=O)NCC(O)CO)n[nH]1. The van der Waals surface area contributed by atoms with E-state index in [1.165, 1.54) is 0 Å². The molecule has 0 fully saturated rings. The fourth-order valence-electron chi connectivity index (χ4n) is 0.988. The summed E-state index contributed by atoms with van der Waals surface area (Å²) >= 11 is 0. The molecule has 0 aromatic carbocycles. The van der Waals surface area contributed by atoms with Crippen LogP contribution in [0.25, 0.3) is 0 Å². The third kappa shape index (κ3) is 3.28. The molecule has 0 aliphatic carbocycles. The van der Waals surface area contributed by atoms with E-state index in [1.807, 2.05) is 13.8 Å². The molecule has 0 saturated heterocycles. The molecule has 0 bridgehead atoms. The molecule has 0 aliphatic heterocycles. The van der Waals surface area contributed by atoms with Gasteiger partial charge in [-0.1, -0.05) is 13.8 Å². The van der Waals surface area contributed by atoms with Gasteiger partial charge in [0, 0.05) is 12.5 Å². The molecule has 4 N–H and O–H groups in total. The molecular formula is C9H16N4O3. The van der Waals surface area contributed by atoms with Gasteiger partial charge in [-0.15, -0.1) is 5.10 Å². The lowest BCUT2D eigenvalue weighted by Gasteiger charge is -2.06. The largest absolute Gasteiger partial charge is 0.394 e. The quantitative estimate of drug-likeness (QED) is 0.517. The Morgan fingerprint density at radius 3 is 2.75 bits per heavy atom. The standard InChI is InChI=1S/C9H16N4O3/c1-5(2)7-11-8(13-12-7)9(16)10-3-6(15)4-14/h5-6,14-15H,3-4H2,1-2H3,(H,10,16)(H,11,12,13). The first kappa shape index (κ1) is 12.6. The third-order valence-electron chi connectivity index (χ3n) is 1.96. The molecule has 1 unspecified atom stereocenters. The zero-order chi connectivity index (χ0) is 12.1. The summed E-state index contributed by atoms with van der Waals surface area (Å²) in [6.07, 6.45) is -0.965. The number of carbonyl (C=O) groups excluding carboxylic acids is 1. The fourth-order valence-corrected chi connectivity index (χ4v) is 0.988. The number of hydrogen-bond acceptors (Lipinski definition) is 5. The van der Waals surface area contributed by atoms with Crippen molar-refractivity contribution in [2.45, 2.75) is 25.9 Å². The highest BCUT2D eigenvalue weighted by atomic mass is 16.3. The number of H-pyrrole nitrogens is 1. The molecule has 1 atom stereocenters. The van der Waals surface area contributed by atoms with Crippen molar-refractivity contribution in [1.29, 1.82) is 0 Å². The molecule has 90 valence electrons. The molecule has 0 aliphatic rings. The summed E-state index contributed by atoms with van der Waals surface area (Å²) < 4.78 is 0. The van der Waals surface area contributed by atoms with Gasteiger partial charge >= 0.3 is 0 Å². The van der Waals surface area contributed by atoms with E-state index < -0.39 is 18.6 Å². The highest BCUT2D eigenvalue weighted by Crippen LogP contribution is 2.07. The van der Waals surface area contributed by atoms with Crippen molar-refractivity contribution < 1.29 is 15.0 Å². The Morgan fingerprint density at radius 1 is 1.56 bits per heavy atom. The number of amides is 1. The van der Waals surface area contributed by atoms with E-state index in [9.17, 15) is 4.79 Å². The molecule has 1 aromatic rings. The number of aromatic nitrogens is 3. The second-order valence-electron chi connectivity index (χ2n) is 3.75. The van der Waals surface area contributed by atoms with Gasteiger partial charge in [0.25, 0.3) is 5.91 Å². The Labute approximate surface area is 92.9 Å². The Hall–Kier alpha value is -1.47. The van der Waals surface area contributed by atoms with Crippen LogP contribution in [0.2, 0.25) is 0 Å². The maximum absolute atomic E-state index is 11.5. The number of aliphatic hydroxyl groups is 2. The minimum Gasteiger partial charge on any atom is -0.394 e. The van der Waals surface area contributed by atoms with E-state index >= 15 is 0 Å². The van der Waals surface area contributed by atoms with Gasteiger partial charge in [0.2, 0.25) is 5.82 Å². The third-order valence-corrected chi connectivity index (χ3v) is 1.96. The lowest BCUT2D eigenvalue weighted by Crippen LogP contribution is -2.34. The molecule has 1 heterocycles. The van der Waals surface area contributed by atoms with Crippen LogP contribution >= 0.6 is 0 Å². The van der Waals surface area contributed by atoms with Gasteiger partial charge in [0.15, 0.2) is 0 Å². The molecular weight excluding hydrogens is 212 g/mol.